The Balaban J connectivity index is 1.84. The summed E-state index contributed by atoms with van der Waals surface area (Å²) in [5.74, 6) is 1.27. The van der Waals surface area contributed by atoms with Gasteiger partial charge in [-0.2, -0.15) is 8.78 Å². The van der Waals surface area contributed by atoms with Gasteiger partial charge in [0.15, 0.2) is 0 Å². The molecule has 23 heavy (non-hydrogen) atoms. The molecule has 1 saturated heterocycles. The number of amides is 1. The maximum absolute atomic E-state index is 13.1. The standard InChI is InChI=1S/C18H19F2NO2/c1-13(6-5-9-14-7-3-2-4-8-14)16(22)11-10-15-12-18(19,20)17(23)21-15/h2-4,7-8,10-11,13,15-16,22H,6,12H2,1H3,(H,21,23)/b11-10+/t13?,15-,16?/m0/s1. The van der Waals surface area contributed by atoms with Crippen LogP contribution in [0, 0.1) is 17.8 Å². The molecule has 2 rings (SSSR count). The van der Waals surface area contributed by atoms with Gasteiger partial charge in [0.2, 0.25) is 0 Å². The van der Waals surface area contributed by atoms with Crippen LogP contribution in [0.1, 0.15) is 25.3 Å². The normalized spacial score (nSPS) is 22.3. The molecule has 1 aromatic carbocycles. The van der Waals surface area contributed by atoms with Crippen molar-refractivity contribution in [3.05, 3.63) is 48.0 Å². The van der Waals surface area contributed by atoms with Crippen LogP contribution in [-0.4, -0.2) is 29.1 Å². The second-order valence-electron chi connectivity index (χ2n) is 5.71. The zero-order chi connectivity index (χ0) is 16.9. The van der Waals surface area contributed by atoms with Crippen molar-refractivity contribution in [2.45, 2.75) is 37.8 Å². The van der Waals surface area contributed by atoms with E-state index in [9.17, 15) is 18.7 Å². The fourth-order valence-electron chi connectivity index (χ4n) is 2.20. The highest BCUT2D eigenvalue weighted by molar-refractivity contribution is 5.86. The summed E-state index contributed by atoms with van der Waals surface area (Å²) in [5.41, 5.74) is 0.903. The highest BCUT2D eigenvalue weighted by atomic mass is 19.3. The van der Waals surface area contributed by atoms with E-state index in [1.54, 1.807) is 0 Å². The first-order chi connectivity index (χ1) is 10.9. The monoisotopic (exact) mass is 319 g/mol. The molecule has 3 nitrogen and oxygen atoms in total. The Labute approximate surface area is 134 Å². The summed E-state index contributed by atoms with van der Waals surface area (Å²) in [6.45, 7) is 1.83. The molecule has 0 aromatic heterocycles. The van der Waals surface area contributed by atoms with Crippen LogP contribution < -0.4 is 5.32 Å². The Kier molecular flexibility index (Phi) is 5.51. The van der Waals surface area contributed by atoms with Crippen molar-refractivity contribution in [1.82, 2.24) is 5.32 Å². The minimum absolute atomic E-state index is 0.139. The summed E-state index contributed by atoms with van der Waals surface area (Å²) in [4.78, 5) is 11.0. The second kappa shape index (κ2) is 7.38. The Bertz CT molecular complexity index is 631. The lowest BCUT2D eigenvalue weighted by atomic mass is 9.99. The first-order valence-electron chi connectivity index (χ1n) is 7.47. The van der Waals surface area contributed by atoms with Crippen molar-refractivity contribution in [2.24, 2.45) is 5.92 Å². The van der Waals surface area contributed by atoms with E-state index in [0.29, 0.717) is 6.42 Å². The molecule has 1 heterocycles. The summed E-state index contributed by atoms with van der Waals surface area (Å²) in [6, 6.07) is 8.77. The van der Waals surface area contributed by atoms with E-state index < -0.39 is 30.4 Å². The Morgan fingerprint density at radius 1 is 1.43 bits per heavy atom. The fraction of sp³-hybridized carbons (Fsp3) is 0.389. The first-order valence-corrected chi connectivity index (χ1v) is 7.47. The third-order valence-electron chi connectivity index (χ3n) is 3.68. The third-order valence-corrected chi connectivity index (χ3v) is 3.68. The molecule has 122 valence electrons. The van der Waals surface area contributed by atoms with Crippen LogP contribution in [0.15, 0.2) is 42.5 Å². The average molecular weight is 319 g/mol. The molecular formula is C18H19F2NO2. The second-order valence-corrected chi connectivity index (χ2v) is 5.71. The van der Waals surface area contributed by atoms with Crippen LogP contribution in [0.25, 0.3) is 0 Å². The molecule has 0 saturated carbocycles. The molecule has 0 spiro atoms. The van der Waals surface area contributed by atoms with E-state index >= 15 is 0 Å². The van der Waals surface area contributed by atoms with Gasteiger partial charge in [-0.15, -0.1) is 0 Å². The topological polar surface area (TPSA) is 49.3 Å². The summed E-state index contributed by atoms with van der Waals surface area (Å²) >= 11 is 0. The largest absolute Gasteiger partial charge is 0.389 e. The van der Waals surface area contributed by atoms with Crippen molar-refractivity contribution >= 4 is 5.91 Å². The molecule has 0 bridgehead atoms. The van der Waals surface area contributed by atoms with Gasteiger partial charge in [-0.25, -0.2) is 0 Å². The van der Waals surface area contributed by atoms with Crippen LogP contribution >= 0.6 is 0 Å². The number of hydrogen-bond donors (Lipinski definition) is 2. The minimum atomic E-state index is -3.33. The summed E-state index contributed by atoms with van der Waals surface area (Å²) < 4.78 is 26.1. The van der Waals surface area contributed by atoms with Crippen molar-refractivity contribution in [1.29, 1.82) is 0 Å². The number of aliphatic hydroxyl groups is 1. The van der Waals surface area contributed by atoms with Crippen LogP contribution in [0.2, 0.25) is 0 Å². The smallest absolute Gasteiger partial charge is 0.326 e. The molecule has 2 N–H and O–H groups in total. The number of carbonyl (C=O) groups excluding carboxylic acids is 1. The highest BCUT2D eigenvalue weighted by Crippen LogP contribution is 2.27. The lowest BCUT2D eigenvalue weighted by molar-refractivity contribution is -0.139. The Morgan fingerprint density at radius 3 is 2.74 bits per heavy atom. The number of rotatable bonds is 4. The molecule has 1 fully saturated rings. The van der Waals surface area contributed by atoms with Gasteiger partial charge in [0, 0.05) is 18.4 Å². The third kappa shape index (κ3) is 4.90. The maximum atomic E-state index is 13.1. The molecule has 3 atom stereocenters. The lowest BCUT2D eigenvalue weighted by Gasteiger charge is -2.13. The molecule has 2 unspecified atom stereocenters. The number of carbonyl (C=O) groups is 1. The molecule has 1 aliphatic rings. The quantitative estimate of drug-likeness (QED) is 0.662. The summed E-state index contributed by atoms with van der Waals surface area (Å²) in [7, 11) is 0. The lowest BCUT2D eigenvalue weighted by Crippen LogP contribution is -2.30. The molecule has 1 aliphatic heterocycles. The van der Waals surface area contributed by atoms with Gasteiger partial charge < -0.3 is 10.4 Å². The van der Waals surface area contributed by atoms with Crippen molar-refractivity contribution in [3.63, 3.8) is 0 Å². The van der Waals surface area contributed by atoms with Gasteiger partial charge in [-0.3, -0.25) is 4.79 Å². The predicted molar refractivity (Wildman–Crippen MR) is 83.7 cm³/mol. The fourth-order valence-corrected chi connectivity index (χ4v) is 2.20. The minimum Gasteiger partial charge on any atom is -0.389 e. The van der Waals surface area contributed by atoms with Crippen LogP contribution in [0.3, 0.4) is 0 Å². The summed E-state index contributed by atoms with van der Waals surface area (Å²) in [6.07, 6.45) is 1.97. The number of nitrogens with one attached hydrogen (secondary N) is 1. The molecule has 0 aliphatic carbocycles. The zero-order valence-corrected chi connectivity index (χ0v) is 12.8. The van der Waals surface area contributed by atoms with Gasteiger partial charge in [0.25, 0.3) is 5.91 Å². The molecule has 1 amide bonds. The van der Waals surface area contributed by atoms with E-state index in [2.05, 4.69) is 17.2 Å². The van der Waals surface area contributed by atoms with Gasteiger partial charge in [-0.1, -0.05) is 49.1 Å². The van der Waals surface area contributed by atoms with Gasteiger partial charge in [0.05, 0.1) is 12.1 Å². The van der Waals surface area contributed by atoms with Crippen molar-refractivity contribution in [2.75, 3.05) is 0 Å². The average Bonchev–Trinajstić information content (AvgIpc) is 2.78. The highest BCUT2D eigenvalue weighted by Gasteiger charge is 2.47. The van der Waals surface area contributed by atoms with Crippen LogP contribution in [0.4, 0.5) is 8.78 Å². The predicted octanol–water partition coefficient (Wildman–Crippen LogP) is 2.51. The van der Waals surface area contributed by atoms with E-state index in [1.165, 1.54) is 12.2 Å². The molecular weight excluding hydrogens is 300 g/mol. The number of hydrogen-bond acceptors (Lipinski definition) is 2. The number of benzene rings is 1. The summed E-state index contributed by atoms with van der Waals surface area (Å²) in [5, 5.41) is 12.2. The van der Waals surface area contributed by atoms with E-state index in [0.717, 1.165) is 5.56 Å². The van der Waals surface area contributed by atoms with Gasteiger partial charge in [-0.05, 0) is 18.1 Å². The van der Waals surface area contributed by atoms with E-state index in [4.69, 9.17) is 0 Å². The maximum Gasteiger partial charge on any atom is 0.326 e. The number of aliphatic hydroxyl groups excluding tert-OH is 1. The molecule has 5 heteroatoms. The van der Waals surface area contributed by atoms with Crippen LogP contribution in [0.5, 0.6) is 0 Å². The number of alkyl halides is 2. The zero-order valence-electron chi connectivity index (χ0n) is 12.8. The van der Waals surface area contributed by atoms with E-state index in [1.807, 2.05) is 37.3 Å². The molecule has 0 radical (unpaired) electrons. The Hall–Kier alpha value is -2.19. The first kappa shape index (κ1) is 17.2. The van der Waals surface area contributed by atoms with Crippen molar-refractivity contribution < 1.29 is 18.7 Å². The molecule has 1 aromatic rings. The van der Waals surface area contributed by atoms with Crippen LogP contribution in [-0.2, 0) is 4.79 Å². The van der Waals surface area contributed by atoms with Gasteiger partial charge in [0.1, 0.15) is 0 Å². The Morgan fingerprint density at radius 2 is 2.13 bits per heavy atom. The SMILES string of the molecule is CC(CC#Cc1ccccc1)C(O)/C=C/[C@H]1CC(F)(F)C(=O)N1. The van der Waals surface area contributed by atoms with Gasteiger partial charge >= 0.3 is 5.92 Å². The number of halogens is 2. The van der Waals surface area contributed by atoms with E-state index in [-0.39, 0.29) is 5.92 Å². The van der Waals surface area contributed by atoms with Crippen molar-refractivity contribution in [3.8, 4) is 11.8 Å².